The molecule has 2 rings (SSSR count). The minimum atomic E-state index is -0.895. The fraction of sp³-hybridized carbons (Fsp3) is 0.294. The Hall–Kier alpha value is -2.36. The molecule has 0 aliphatic heterocycles. The molecule has 0 radical (unpaired) electrons. The van der Waals surface area contributed by atoms with Crippen molar-refractivity contribution in [3.8, 4) is 5.69 Å². The minimum absolute atomic E-state index is 0.0366. The van der Waals surface area contributed by atoms with Crippen molar-refractivity contribution >= 4 is 5.97 Å². The summed E-state index contributed by atoms with van der Waals surface area (Å²) in [7, 11) is 0. The summed E-state index contributed by atoms with van der Waals surface area (Å²) in [5.74, 6) is -0.895. The molecule has 1 N–H and O–H groups in total. The van der Waals surface area contributed by atoms with Crippen LogP contribution < -0.4 is 5.43 Å². The molecule has 2 aromatic rings. The van der Waals surface area contributed by atoms with Crippen LogP contribution in [0.15, 0.2) is 35.3 Å². The number of benzene rings is 1. The Morgan fingerprint density at radius 1 is 1.19 bits per heavy atom. The Kier molecular flexibility index (Phi) is 4.26. The van der Waals surface area contributed by atoms with Crippen LogP contribution in [0.2, 0.25) is 0 Å². The smallest absolute Gasteiger partial charge is 0.303 e. The highest BCUT2D eigenvalue weighted by Gasteiger charge is 2.09. The number of nitrogens with zero attached hydrogens (tertiary/aromatic N) is 1. The Morgan fingerprint density at radius 3 is 2.57 bits per heavy atom. The minimum Gasteiger partial charge on any atom is -0.481 e. The summed E-state index contributed by atoms with van der Waals surface area (Å²) in [5.41, 5.74) is 4.54. The second-order valence-corrected chi connectivity index (χ2v) is 5.36. The van der Waals surface area contributed by atoms with Crippen LogP contribution in [0, 0.1) is 20.8 Å². The van der Waals surface area contributed by atoms with E-state index in [0.717, 1.165) is 22.5 Å². The molecular weight excluding hydrogens is 266 g/mol. The van der Waals surface area contributed by atoms with Crippen LogP contribution in [0.1, 0.15) is 28.8 Å². The van der Waals surface area contributed by atoms with Crippen LogP contribution in [0.5, 0.6) is 0 Å². The van der Waals surface area contributed by atoms with Gasteiger partial charge in [-0.2, -0.15) is 0 Å². The molecule has 4 nitrogen and oxygen atoms in total. The SMILES string of the molecule is Cc1ccc(C)c(-n2cc(CCC(=O)O)c(=O)cc2C)c1. The highest BCUT2D eigenvalue weighted by atomic mass is 16.4. The first kappa shape index (κ1) is 15.0. The van der Waals surface area contributed by atoms with E-state index in [4.69, 9.17) is 5.11 Å². The molecule has 0 aliphatic rings. The molecule has 0 aliphatic carbocycles. The summed E-state index contributed by atoms with van der Waals surface area (Å²) < 4.78 is 1.96. The average Bonchev–Trinajstić information content (AvgIpc) is 2.41. The van der Waals surface area contributed by atoms with Gasteiger partial charge < -0.3 is 9.67 Å². The molecule has 0 amide bonds. The molecule has 0 fully saturated rings. The maximum absolute atomic E-state index is 12.0. The third kappa shape index (κ3) is 3.40. The van der Waals surface area contributed by atoms with Crippen LogP contribution in [-0.2, 0) is 11.2 Å². The van der Waals surface area contributed by atoms with Gasteiger partial charge in [-0.15, -0.1) is 0 Å². The zero-order valence-electron chi connectivity index (χ0n) is 12.5. The van der Waals surface area contributed by atoms with E-state index in [-0.39, 0.29) is 18.3 Å². The molecule has 0 spiro atoms. The standard InChI is InChI=1S/C17H19NO3/c1-11-4-5-12(2)15(8-11)18-10-14(6-7-17(20)21)16(19)9-13(18)3/h4-5,8-10H,6-7H2,1-3H3,(H,20,21). The number of rotatable bonds is 4. The maximum Gasteiger partial charge on any atom is 0.303 e. The van der Waals surface area contributed by atoms with Crippen molar-refractivity contribution in [1.82, 2.24) is 4.57 Å². The van der Waals surface area contributed by atoms with Gasteiger partial charge in [0.2, 0.25) is 0 Å². The van der Waals surface area contributed by atoms with Crippen LogP contribution in [0.25, 0.3) is 5.69 Å². The van der Waals surface area contributed by atoms with Crippen molar-refractivity contribution < 1.29 is 9.90 Å². The summed E-state index contributed by atoms with van der Waals surface area (Å²) in [4.78, 5) is 22.7. The summed E-state index contributed by atoms with van der Waals surface area (Å²) in [6.45, 7) is 5.92. The Balaban J connectivity index is 2.53. The number of carbonyl (C=O) groups is 1. The fourth-order valence-electron chi connectivity index (χ4n) is 2.34. The van der Waals surface area contributed by atoms with Gasteiger partial charge in [0.25, 0.3) is 0 Å². The van der Waals surface area contributed by atoms with Gasteiger partial charge in [0.15, 0.2) is 5.43 Å². The van der Waals surface area contributed by atoms with Crippen molar-refractivity contribution in [2.24, 2.45) is 0 Å². The number of aliphatic carboxylic acids is 1. The van der Waals surface area contributed by atoms with E-state index in [1.54, 1.807) is 12.3 Å². The molecule has 1 heterocycles. The predicted octanol–water partition coefficient (Wildman–Crippen LogP) is 2.78. The lowest BCUT2D eigenvalue weighted by atomic mass is 10.1. The summed E-state index contributed by atoms with van der Waals surface area (Å²) >= 11 is 0. The Bertz CT molecular complexity index is 744. The van der Waals surface area contributed by atoms with Crippen molar-refractivity contribution in [1.29, 1.82) is 0 Å². The number of pyridine rings is 1. The molecule has 110 valence electrons. The predicted molar refractivity (Wildman–Crippen MR) is 82.2 cm³/mol. The molecule has 0 saturated heterocycles. The number of hydrogen-bond acceptors (Lipinski definition) is 2. The van der Waals surface area contributed by atoms with E-state index < -0.39 is 5.97 Å². The second kappa shape index (κ2) is 5.95. The lowest BCUT2D eigenvalue weighted by molar-refractivity contribution is -0.136. The third-order valence-electron chi connectivity index (χ3n) is 3.55. The van der Waals surface area contributed by atoms with Crippen LogP contribution in [0.3, 0.4) is 0 Å². The first-order valence-corrected chi connectivity index (χ1v) is 6.90. The number of carboxylic acid groups (broad SMARTS) is 1. The summed E-state index contributed by atoms with van der Waals surface area (Å²) in [5, 5.41) is 8.78. The number of aromatic nitrogens is 1. The van der Waals surface area contributed by atoms with Gasteiger partial charge in [0, 0.05) is 35.6 Å². The zero-order chi connectivity index (χ0) is 15.6. The Morgan fingerprint density at radius 2 is 1.90 bits per heavy atom. The van der Waals surface area contributed by atoms with Crippen LogP contribution >= 0.6 is 0 Å². The fourth-order valence-corrected chi connectivity index (χ4v) is 2.34. The maximum atomic E-state index is 12.0. The highest BCUT2D eigenvalue weighted by Crippen LogP contribution is 2.18. The van der Waals surface area contributed by atoms with Gasteiger partial charge in [-0.25, -0.2) is 0 Å². The van der Waals surface area contributed by atoms with E-state index >= 15 is 0 Å². The third-order valence-corrected chi connectivity index (χ3v) is 3.55. The molecule has 0 bridgehead atoms. The van der Waals surface area contributed by atoms with E-state index in [9.17, 15) is 9.59 Å². The van der Waals surface area contributed by atoms with Gasteiger partial charge in [-0.05, 0) is 44.4 Å². The van der Waals surface area contributed by atoms with Crippen LogP contribution in [0.4, 0.5) is 0 Å². The van der Waals surface area contributed by atoms with E-state index in [0.29, 0.717) is 5.56 Å². The first-order chi connectivity index (χ1) is 9.88. The monoisotopic (exact) mass is 285 g/mol. The van der Waals surface area contributed by atoms with Gasteiger partial charge in [0.1, 0.15) is 0 Å². The van der Waals surface area contributed by atoms with E-state index in [2.05, 4.69) is 6.07 Å². The highest BCUT2D eigenvalue weighted by molar-refractivity contribution is 5.67. The van der Waals surface area contributed by atoms with Crippen molar-refractivity contribution in [2.75, 3.05) is 0 Å². The molecule has 1 aromatic heterocycles. The molecule has 0 atom stereocenters. The molecule has 4 heteroatoms. The number of aryl methyl sites for hydroxylation is 4. The van der Waals surface area contributed by atoms with Gasteiger partial charge in [-0.1, -0.05) is 12.1 Å². The first-order valence-electron chi connectivity index (χ1n) is 6.90. The normalized spacial score (nSPS) is 10.6. The average molecular weight is 285 g/mol. The van der Waals surface area contributed by atoms with Crippen molar-refractivity contribution in [3.05, 3.63) is 63.1 Å². The van der Waals surface area contributed by atoms with Gasteiger partial charge in [-0.3, -0.25) is 9.59 Å². The van der Waals surface area contributed by atoms with Gasteiger partial charge >= 0.3 is 5.97 Å². The number of hydrogen-bond donors (Lipinski definition) is 1. The van der Waals surface area contributed by atoms with Crippen molar-refractivity contribution in [2.45, 2.75) is 33.6 Å². The largest absolute Gasteiger partial charge is 0.481 e. The molecular formula is C17H19NO3. The molecule has 0 saturated carbocycles. The number of carboxylic acids is 1. The quantitative estimate of drug-likeness (QED) is 0.939. The molecule has 0 unspecified atom stereocenters. The van der Waals surface area contributed by atoms with E-state index in [1.165, 1.54) is 0 Å². The van der Waals surface area contributed by atoms with Crippen molar-refractivity contribution in [3.63, 3.8) is 0 Å². The lowest BCUT2D eigenvalue weighted by Crippen LogP contribution is -2.16. The summed E-state index contributed by atoms with van der Waals surface area (Å²) in [6, 6.07) is 7.72. The molecule has 1 aromatic carbocycles. The topological polar surface area (TPSA) is 59.3 Å². The lowest BCUT2D eigenvalue weighted by Gasteiger charge is -2.15. The zero-order valence-corrected chi connectivity index (χ0v) is 12.5. The van der Waals surface area contributed by atoms with Crippen LogP contribution in [-0.4, -0.2) is 15.6 Å². The van der Waals surface area contributed by atoms with Gasteiger partial charge in [0.05, 0.1) is 0 Å². The second-order valence-electron chi connectivity index (χ2n) is 5.36. The summed E-state index contributed by atoms with van der Waals surface area (Å²) in [6.07, 6.45) is 1.98. The van der Waals surface area contributed by atoms with E-state index in [1.807, 2.05) is 37.5 Å². The molecule has 21 heavy (non-hydrogen) atoms. The Labute approximate surface area is 123 Å².